The highest BCUT2D eigenvalue weighted by Gasteiger charge is 2.53. The van der Waals surface area contributed by atoms with Gasteiger partial charge in [0.1, 0.15) is 11.5 Å². The predicted octanol–water partition coefficient (Wildman–Crippen LogP) is 9.82. The van der Waals surface area contributed by atoms with Crippen molar-refractivity contribution in [2.75, 3.05) is 13.2 Å². The van der Waals surface area contributed by atoms with Crippen molar-refractivity contribution in [3.05, 3.63) is 123 Å². The van der Waals surface area contributed by atoms with E-state index in [1.807, 2.05) is 36.4 Å². The summed E-state index contributed by atoms with van der Waals surface area (Å²) in [5, 5.41) is 56.5. The molecule has 316 valence electrons. The molecule has 6 heteroatoms. The van der Waals surface area contributed by atoms with Crippen molar-refractivity contribution in [1.29, 1.82) is 0 Å². The summed E-state index contributed by atoms with van der Waals surface area (Å²) in [7, 11) is 0. The fraction of sp³-hybridized carbons (Fsp3) is 0.528. The number of benzene rings is 3. The first-order valence-corrected chi connectivity index (χ1v) is 23.0. The van der Waals surface area contributed by atoms with Gasteiger partial charge in [0.15, 0.2) is 0 Å². The second-order valence-corrected chi connectivity index (χ2v) is 18.5. The molecule has 7 rings (SSSR count). The zero-order valence-corrected chi connectivity index (χ0v) is 35.3. The highest BCUT2D eigenvalue weighted by molar-refractivity contribution is 5.74. The molecule has 0 radical (unpaired) electrons. The molecule has 1 saturated carbocycles. The van der Waals surface area contributed by atoms with E-state index in [0.717, 1.165) is 98.6 Å². The van der Waals surface area contributed by atoms with Gasteiger partial charge in [0.05, 0.1) is 19.1 Å². The molecular weight excluding hydrogens is 733 g/mol. The van der Waals surface area contributed by atoms with Gasteiger partial charge in [-0.3, -0.25) is 4.79 Å². The number of aliphatic carboxylic acids is 1. The quantitative estimate of drug-likeness (QED) is 0.0772. The van der Waals surface area contributed by atoms with Gasteiger partial charge in [0, 0.05) is 22.5 Å². The standard InChI is InChI=1S/C53H68O6/c1-2-3-6-17-43-32-41(24-25-49(43)56)47-30-37-14-11-20-45(29-37)53(27-26-42-31-40-16-9-10-21-46(40)51(57)48(42)33-53)50(52(58)59)44(35-55)19-12-18-39(47)15-8-5-4-7-13-36-22-23-38(28-36)34-54/h9-12,14,16,19-21,24-25,28-29,31-32,36,39,42,44,47-48,50,54-57H,2-8,13,15,17-18,22-23,26-27,30,33-35H2,1H3,(H,58,59)/t36-,39-,42+,44+,47-,48-,50-,53-/m1/s1. The monoisotopic (exact) mass is 801 g/mol. The molecule has 0 aromatic heterocycles. The van der Waals surface area contributed by atoms with Gasteiger partial charge in [-0.2, -0.15) is 0 Å². The molecule has 4 aliphatic carbocycles. The van der Waals surface area contributed by atoms with E-state index in [4.69, 9.17) is 0 Å². The minimum atomic E-state index is -0.899. The molecular formula is C53H68O6. The summed E-state index contributed by atoms with van der Waals surface area (Å²) in [6, 6.07) is 22.9. The van der Waals surface area contributed by atoms with Crippen molar-refractivity contribution in [3.63, 3.8) is 0 Å². The third kappa shape index (κ3) is 9.76. The van der Waals surface area contributed by atoms with E-state index >= 15 is 0 Å². The Labute approximate surface area is 352 Å². The lowest BCUT2D eigenvalue weighted by atomic mass is 9.53. The zero-order valence-electron chi connectivity index (χ0n) is 35.3. The molecule has 0 amide bonds. The molecule has 3 aromatic carbocycles. The Hall–Kier alpha value is -4.13. The number of carboxylic acids is 1. The van der Waals surface area contributed by atoms with Crippen LogP contribution in [0.1, 0.15) is 131 Å². The van der Waals surface area contributed by atoms with Crippen molar-refractivity contribution in [1.82, 2.24) is 0 Å². The van der Waals surface area contributed by atoms with E-state index in [1.54, 1.807) is 0 Å². The van der Waals surface area contributed by atoms with Crippen LogP contribution >= 0.6 is 0 Å². The number of aromatic hydroxyl groups is 1. The van der Waals surface area contributed by atoms with Gasteiger partial charge in [0.25, 0.3) is 0 Å². The number of aryl methyl sites for hydroxylation is 1. The maximum absolute atomic E-state index is 13.7. The minimum Gasteiger partial charge on any atom is -0.511 e. The van der Waals surface area contributed by atoms with E-state index in [1.165, 1.54) is 36.0 Å². The van der Waals surface area contributed by atoms with Crippen molar-refractivity contribution in [2.24, 2.45) is 35.5 Å². The van der Waals surface area contributed by atoms with Gasteiger partial charge >= 0.3 is 5.97 Å². The lowest BCUT2D eigenvalue weighted by Crippen LogP contribution is -2.51. The lowest BCUT2D eigenvalue weighted by molar-refractivity contribution is -0.148. The van der Waals surface area contributed by atoms with Crippen LogP contribution in [-0.4, -0.2) is 44.7 Å². The zero-order chi connectivity index (χ0) is 41.4. The second-order valence-electron chi connectivity index (χ2n) is 18.5. The van der Waals surface area contributed by atoms with E-state index < -0.39 is 23.2 Å². The van der Waals surface area contributed by atoms with Crippen LogP contribution in [0.3, 0.4) is 0 Å². The number of hydrogen-bond donors (Lipinski definition) is 5. The Morgan fingerprint density at radius 1 is 0.847 bits per heavy atom. The fourth-order valence-electron chi connectivity index (χ4n) is 11.6. The summed E-state index contributed by atoms with van der Waals surface area (Å²) >= 11 is 0. The number of fused-ring (bicyclic) bond motifs is 5. The van der Waals surface area contributed by atoms with Crippen LogP contribution in [0.15, 0.2) is 90.5 Å². The Morgan fingerprint density at radius 3 is 2.46 bits per heavy atom. The number of carboxylic acid groups (broad SMARTS) is 1. The van der Waals surface area contributed by atoms with Gasteiger partial charge in [-0.1, -0.05) is 130 Å². The first kappa shape index (κ1) is 43.0. The van der Waals surface area contributed by atoms with E-state index in [9.17, 15) is 30.3 Å². The van der Waals surface area contributed by atoms with Crippen LogP contribution in [0.5, 0.6) is 5.75 Å². The molecule has 0 saturated heterocycles. The van der Waals surface area contributed by atoms with Crippen LogP contribution in [0.25, 0.3) is 11.8 Å². The van der Waals surface area contributed by atoms with Crippen LogP contribution < -0.4 is 10.4 Å². The molecule has 5 N–H and O–H groups in total. The van der Waals surface area contributed by atoms with Crippen molar-refractivity contribution >= 4 is 17.8 Å². The number of rotatable bonds is 15. The molecule has 3 aromatic rings. The molecule has 8 atom stereocenters. The third-order valence-electron chi connectivity index (χ3n) is 14.8. The van der Waals surface area contributed by atoms with Gasteiger partial charge in [0.2, 0.25) is 0 Å². The molecule has 4 aliphatic rings. The number of hydrogen-bond acceptors (Lipinski definition) is 5. The number of allylic oxidation sites excluding steroid dienone is 2. The maximum atomic E-state index is 13.7. The average Bonchev–Trinajstić information content (AvgIpc) is 3.72. The van der Waals surface area contributed by atoms with Crippen LogP contribution in [0.2, 0.25) is 0 Å². The smallest absolute Gasteiger partial charge is 0.308 e. The first-order chi connectivity index (χ1) is 28.7. The number of phenols is 1. The average molecular weight is 801 g/mol. The Bertz CT molecular complexity index is 2080. The minimum absolute atomic E-state index is 0.113. The summed E-state index contributed by atoms with van der Waals surface area (Å²) in [5.74, 6) is -0.691. The summed E-state index contributed by atoms with van der Waals surface area (Å²) in [4.78, 5) is 13.7. The SMILES string of the molecule is CCCCCc1cc([C@@H]2Cc3cccc(c3)[C@]3(CC[C@H]4C=c5ccccc5=C(O)[C@@H]4C3)[C@@H](C(=O)O)[C@H](CO)C=CC[C@H]2CCCCCC[C@H]2C=C(CO)CC2)ccc1O. The van der Waals surface area contributed by atoms with Crippen molar-refractivity contribution in [3.8, 4) is 5.75 Å². The van der Waals surface area contributed by atoms with E-state index in [0.29, 0.717) is 30.3 Å². The molecule has 2 bridgehead atoms. The maximum Gasteiger partial charge on any atom is 0.308 e. The number of unbranched alkanes of at least 4 members (excludes halogenated alkanes) is 5. The molecule has 1 spiro atoms. The Morgan fingerprint density at radius 2 is 1.68 bits per heavy atom. The topological polar surface area (TPSA) is 118 Å². The summed E-state index contributed by atoms with van der Waals surface area (Å²) in [6.45, 7) is 2.13. The molecule has 6 nitrogen and oxygen atoms in total. The highest BCUT2D eigenvalue weighted by Crippen LogP contribution is 2.54. The van der Waals surface area contributed by atoms with Gasteiger partial charge in [-0.15, -0.1) is 0 Å². The Balaban J connectivity index is 1.23. The van der Waals surface area contributed by atoms with Crippen LogP contribution in [-0.2, 0) is 23.1 Å². The van der Waals surface area contributed by atoms with Gasteiger partial charge in [-0.05, 0) is 133 Å². The van der Waals surface area contributed by atoms with E-state index in [2.05, 4.69) is 61.5 Å². The molecule has 59 heavy (non-hydrogen) atoms. The highest BCUT2D eigenvalue weighted by atomic mass is 16.4. The number of phenolic OH excluding ortho intramolecular Hbond substituents is 1. The first-order valence-electron chi connectivity index (χ1n) is 23.0. The summed E-state index contributed by atoms with van der Waals surface area (Å²) < 4.78 is 0. The number of aliphatic hydroxyl groups is 3. The van der Waals surface area contributed by atoms with Gasteiger partial charge < -0.3 is 25.5 Å². The Kier molecular flexibility index (Phi) is 14.5. The lowest BCUT2D eigenvalue weighted by Gasteiger charge is -2.49. The normalized spacial score (nSPS) is 27.9. The van der Waals surface area contributed by atoms with Gasteiger partial charge in [-0.25, -0.2) is 0 Å². The third-order valence-corrected chi connectivity index (χ3v) is 14.8. The molecule has 1 fully saturated rings. The largest absolute Gasteiger partial charge is 0.511 e. The summed E-state index contributed by atoms with van der Waals surface area (Å²) in [5.41, 5.74) is 4.81. The van der Waals surface area contributed by atoms with Crippen molar-refractivity contribution < 1.29 is 30.3 Å². The molecule has 0 unspecified atom stereocenters. The molecule has 0 aliphatic heterocycles. The molecule has 0 heterocycles. The second kappa shape index (κ2) is 20.0. The summed E-state index contributed by atoms with van der Waals surface area (Å²) in [6.07, 6.45) is 25.4. The predicted molar refractivity (Wildman–Crippen MR) is 237 cm³/mol. The fourth-order valence-corrected chi connectivity index (χ4v) is 11.6. The van der Waals surface area contributed by atoms with Crippen LogP contribution in [0.4, 0.5) is 0 Å². The number of carbonyl (C=O) groups is 1. The van der Waals surface area contributed by atoms with Crippen molar-refractivity contribution in [2.45, 2.75) is 127 Å². The van der Waals surface area contributed by atoms with E-state index in [-0.39, 0.29) is 36.9 Å². The number of aliphatic hydroxyl groups excluding tert-OH is 3. The van der Waals surface area contributed by atoms with Crippen LogP contribution in [0, 0.1) is 35.5 Å².